The van der Waals surface area contributed by atoms with Crippen molar-refractivity contribution in [1.29, 1.82) is 0 Å². The van der Waals surface area contributed by atoms with Crippen LogP contribution in [-0.2, 0) is 13.0 Å². The van der Waals surface area contributed by atoms with Crippen LogP contribution >= 0.6 is 0 Å². The number of benzene rings is 1. The normalized spacial score (nSPS) is 10.4. The highest BCUT2D eigenvalue weighted by Crippen LogP contribution is 2.13. The molecule has 0 unspecified atom stereocenters. The summed E-state index contributed by atoms with van der Waals surface area (Å²) in [6.45, 7) is 0.535. The minimum absolute atomic E-state index is 0.0515. The first-order valence-electron chi connectivity index (χ1n) is 7.70. The fraction of sp³-hybridized carbons (Fsp3) is 0.167. The Bertz CT molecular complexity index is 819. The molecule has 1 aromatic carbocycles. The predicted octanol–water partition coefficient (Wildman–Crippen LogP) is 2.76. The summed E-state index contributed by atoms with van der Waals surface area (Å²) < 4.78 is 23.5. The lowest BCUT2D eigenvalue weighted by Gasteiger charge is -2.03. The molecule has 7 heteroatoms. The topological polar surface area (TPSA) is 77.2 Å². The van der Waals surface area contributed by atoms with Crippen molar-refractivity contribution in [2.24, 2.45) is 0 Å². The van der Waals surface area contributed by atoms with Gasteiger partial charge in [-0.2, -0.15) is 0 Å². The first kappa shape index (κ1) is 16.6. The molecule has 0 spiro atoms. The van der Waals surface area contributed by atoms with Crippen molar-refractivity contribution >= 4 is 5.91 Å². The van der Waals surface area contributed by atoms with Crippen LogP contribution in [0.3, 0.4) is 0 Å². The molecule has 0 aliphatic carbocycles. The predicted molar refractivity (Wildman–Crippen MR) is 87.5 cm³/mol. The van der Waals surface area contributed by atoms with Gasteiger partial charge in [-0.1, -0.05) is 0 Å². The average Bonchev–Trinajstić information content (AvgIpc) is 3.11. The number of hydrogen-bond donors (Lipinski definition) is 1. The molecule has 2 aromatic heterocycles. The van der Waals surface area contributed by atoms with Gasteiger partial charge in [-0.3, -0.25) is 9.78 Å². The van der Waals surface area contributed by atoms with Gasteiger partial charge in [0.1, 0.15) is 17.8 Å². The van der Waals surface area contributed by atoms with Crippen molar-refractivity contribution in [3.05, 3.63) is 78.0 Å². The molecule has 1 amide bonds. The number of carbonyl (C=O) groups is 1. The van der Waals surface area contributed by atoms with Gasteiger partial charge in [-0.05, 0) is 48.4 Å². The SMILES string of the molecule is O=C(NCCc1ccncc1)c1coc(COc2ccc(F)cc2)n1. The minimum Gasteiger partial charge on any atom is -0.484 e. The Hall–Kier alpha value is -3.22. The lowest BCUT2D eigenvalue weighted by molar-refractivity contribution is 0.0949. The van der Waals surface area contributed by atoms with E-state index in [-0.39, 0.29) is 29.9 Å². The highest BCUT2D eigenvalue weighted by atomic mass is 19.1. The maximum absolute atomic E-state index is 12.8. The number of aromatic nitrogens is 2. The molecule has 0 saturated carbocycles. The average molecular weight is 341 g/mol. The number of rotatable bonds is 7. The number of halogens is 1. The number of carbonyl (C=O) groups excluding carboxylic acids is 1. The van der Waals surface area contributed by atoms with E-state index >= 15 is 0 Å². The van der Waals surface area contributed by atoms with Crippen LogP contribution in [0.15, 0.2) is 59.5 Å². The molecule has 0 saturated heterocycles. The summed E-state index contributed by atoms with van der Waals surface area (Å²) in [6, 6.07) is 9.40. The van der Waals surface area contributed by atoms with Crippen LogP contribution in [0.2, 0.25) is 0 Å². The molecule has 6 nitrogen and oxygen atoms in total. The first-order valence-corrected chi connectivity index (χ1v) is 7.70. The van der Waals surface area contributed by atoms with Gasteiger partial charge >= 0.3 is 0 Å². The molecule has 3 rings (SSSR count). The molecule has 0 radical (unpaired) electrons. The summed E-state index contributed by atoms with van der Waals surface area (Å²) >= 11 is 0. The minimum atomic E-state index is -0.339. The Labute approximate surface area is 143 Å². The quantitative estimate of drug-likeness (QED) is 0.715. The van der Waals surface area contributed by atoms with Gasteiger partial charge in [0.05, 0.1) is 0 Å². The molecule has 0 bridgehead atoms. The van der Waals surface area contributed by atoms with E-state index in [0.29, 0.717) is 18.7 Å². The summed E-state index contributed by atoms with van der Waals surface area (Å²) in [6.07, 6.45) is 5.40. The number of ether oxygens (including phenoxy) is 1. The third-order valence-electron chi connectivity index (χ3n) is 3.41. The van der Waals surface area contributed by atoms with Crippen molar-refractivity contribution in [2.75, 3.05) is 6.54 Å². The molecule has 0 atom stereocenters. The smallest absolute Gasteiger partial charge is 0.273 e. The van der Waals surface area contributed by atoms with Gasteiger partial charge in [-0.25, -0.2) is 9.37 Å². The Balaban J connectivity index is 1.47. The van der Waals surface area contributed by atoms with Gasteiger partial charge in [0, 0.05) is 18.9 Å². The fourth-order valence-electron chi connectivity index (χ4n) is 2.12. The Morgan fingerprint density at radius 3 is 2.68 bits per heavy atom. The van der Waals surface area contributed by atoms with E-state index in [9.17, 15) is 9.18 Å². The van der Waals surface area contributed by atoms with Gasteiger partial charge in [-0.15, -0.1) is 0 Å². The van der Waals surface area contributed by atoms with E-state index in [1.54, 1.807) is 12.4 Å². The number of oxazole rings is 1. The maximum Gasteiger partial charge on any atom is 0.273 e. The van der Waals surface area contributed by atoms with E-state index in [0.717, 1.165) is 5.56 Å². The molecular weight excluding hydrogens is 325 g/mol. The lowest BCUT2D eigenvalue weighted by atomic mass is 10.2. The summed E-state index contributed by atoms with van der Waals surface area (Å²) in [4.78, 5) is 20.1. The van der Waals surface area contributed by atoms with Crippen LogP contribution in [0.5, 0.6) is 5.75 Å². The van der Waals surface area contributed by atoms with E-state index in [2.05, 4.69) is 15.3 Å². The number of amides is 1. The van der Waals surface area contributed by atoms with Crippen molar-refractivity contribution in [3.8, 4) is 5.75 Å². The molecule has 0 aliphatic rings. The molecule has 0 aliphatic heterocycles. The maximum atomic E-state index is 12.8. The standard InChI is InChI=1S/C18H16FN3O3/c19-14-1-3-15(4-2-14)24-12-17-22-16(11-25-17)18(23)21-10-7-13-5-8-20-9-6-13/h1-6,8-9,11H,7,10,12H2,(H,21,23). The van der Waals surface area contributed by atoms with Crippen LogP contribution in [0.1, 0.15) is 21.9 Å². The van der Waals surface area contributed by atoms with Gasteiger partial charge < -0.3 is 14.5 Å². The van der Waals surface area contributed by atoms with Gasteiger partial charge in [0.25, 0.3) is 5.91 Å². The largest absolute Gasteiger partial charge is 0.484 e. The number of nitrogens with zero attached hydrogens (tertiary/aromatic N) is 2. The zero-order valence-corrected chi connectivity index (χ0v) is 13.3. The Kier molecular flexibility index (Phi) is 5.36. The Morgan fingerprint density at radius 1 is 1.16 bits per heavy atom. The highest BCUT2D eigenvalue weighted by Gasteiger charge is 2.12. The van der Waals surface area contributed by atoms with E-state index in [4.69, 9.17) is 9.15 Å². The first-order chi connectivity index (χ1) is 12.2. The third kappa shape index (κ3) is 4.87. The van der Waals surface area contributed by atoms with Crippen molar-refractivity contribution < 1.29 is 18.3 Å². The number of pyridine rings is 1. The van der Waals surface area contributed by atoms with Gasteiger partial charge in [0.15, 0.2) is 12.3 Å². The molecule has 128 valence electrons. The molecular formula is C18H16FN3O3. The Morgan fingerprint density at radius 2 is 1.92 bits per heavy atom. The van der Waals surface area contributed by atoms with Crippen molar-refractivity contribution in [3.63, 3.8) is 0 Å². The van der Waals surface area contributed by atoms with Crippen molar-refractivity contribution in [1.82, 2.24) is 15.3 Å². The second-order valence-corrected chi connectivity index (χ2v) is 5.23. The summed E-state index contributed by atoms with van der Waals surface area (Å²) in [5.41, 5.74) is 1.27. The second-order valence-electron chi connectivity index (χ2n) is 5.23. The highest BCUT2D eigenvalue weighted by molar-refractivity contribution is 5.91. The van der Waals surface area contributed by atoms with Crippen LogP contribution in [0, 0.1) is 5.82 Å². The van der Waals surface area contributed by atoms with Crippen LogP contribution in [0.4, 0.5) is 4.39 Å². The summed E-state index contributed by atoms with van der Waals surface area (Å²) in [7, 11) is 0. The van der Waals surface area contributed by atoms with E-state index < -0.39 is 0 Å². The van der Waals surface area contributed by atoms with Crippen LogP contribution < -0.4 is 10.1 Å². The number of nitrogens with one attached hydrogen (secondary N) is 1. The van der Waals surface area contributed by atoms with Crippen LogP contribution in [0.25, 0.3) is 0 Å². The van der Waals surface area contributed by atoms with E-state index in [1.807, 2.05) is 12.1 Å². The van der Waals surface area contributed by atoms with Crippen LogP contribution in [-0.4, -0.2) is 22.4 Å². The fourth-order valence-corrected chi connectivity index (χ4v) is 2.12. The van der Waals surface area contributed by atoms with Gasteiger partial charge in [0.2, 0.25) is 5.89 Å². The monoisotopic (exact) mass is 341 g/mol. The summed E-state index contributed by atoms with van der Waals surface area (Å²) in [5, 5.41) is 2.78. The lowest BCUT2D eigenvalue weighted by Crippen LogP contribution is -2.26. The molecule has 25 heavy (non-hydrogen) atoms. The molecule has 0 fully saturated rings. The molecule has 3 aromatic rings. The third-order valence-corrected chi connectivity index (χ3v) is 3.41. The van der Waals surface area contributed by atoms with E-state index in [1.165, 1.54) is 30.5 Å². The molecule has 2 heterocycles. The van der Waals surface area contributed by atoms with Crippen molar-refractivity contribution in [2.45, 2.75) is 13.0 Å². The zero-order valence-electron chi connectivity index (χ0n) is 13.3. The zero-order chi connectivity index (χ0) is 17.5. The second kappa shape index (κ2) is 8.05. The summed E-state index contributed by atoms with van der Waals surface area (Å²) in [5.74, 6) is 0.103. The number of hydrogen-bond acceptors (Lipinski definition) is 5. The molecule has 1 N–H and O–H groups in total.